The Balaban J connectivity index is 2.32. The minimum Gasteiger partial charge on any atom is -0.465 e. The van der Waals surface area contributed by atoms with E-state index < -0.39 is 7.14 Å². The van der Waals surface area contributed by atoms with Gasteiger partial charge >= 0.3 is 5.97 Å². The summed E-state index contributed by atoms with van der Waals surface area (Å²) in [7, 11) is -1.06. The summed E-state index contributed by atoms with van der Waals surface area (Å²) >= 11 is 0. The van der Waals surface area contributed by atoms with E-state index in [0.717, 1.165) is 11.3 Å². The molecule has 2 rings (SSSR count). The molecule has 4 nitrogen and oxygen atoms in total. The number of ether oxygens (including phenoxy) is 1. The third kappa shape index (κ3) is 4.07. The molecule has 2 aromatic rings. The van der Waals surface area contributed by atoms with E-state index in [1.165, 1.54) is 7.11 Å². The van der Waals surface area contributed by atoms with E-state index in [4.69, 9.17) is 4.74 Å². The van der Waals surface area contributed by atoms with Crippen molar-refractivity contribution in [2.24, 2.45) is 0 Å². The number of esters is 1. The van der Waals surface area contributed by atoms with Gasteiger partial charge in [-0.2, -0.15) is 0 Å². The van der Waals surface area contributed by atoms with Crippen molar-refractivity contribution in [3.8, 4) is 0 Å². The molecule has 0 bridgehead atoms. The highest BCUT2D eigenvalue weighted by molar-refractivity contribution is 7.64. The Kier molecular flexibility index (Phi) is 6.22. The van der Waals surface area contributed by atoms with E-state index in [9.17, 15) is 9.36 Å². The van der Waals surface area contributed by atoms with Crippen LogP contribution in [0.5, 0.6) is 0 Å². The van der Waals surface area contributed by atoms with Gasteiger partial charge in [0.2, 0.25) is 0 Å². The molecule has 1 atom stereocenters. The first kappa shape index (κ1) is 18.3. The van der Waals surface area contributed by atoms with Gasteiger partial charge in [0.25, 0.3) is 0 Å². The Hall–Kier alpha value is -2.06. The average molecular weight is 345 g/mol. The lowest BCUT2D eigenvalue weighted by Crippen LogP contribution is -2.14. The summed E-state index contributed by atoms with van der Waals surface area (Å²) in [5.74, 6) is -0.605. The van der Waals surface area contributed by atoms with Gasteiger partial charge in [0.05, 0.1) is 12.7 Å². The smallest absolute Gasteiger partial charge is 0.337 e. The molecule has 0 radical (unpaired) electrons. The minimum atomic E-state index is -2.42. The summed E-state index contributed by atoms with van der Waals surface area (Å²) in [6.07, 6.45) is 1.27. The van der Waals surface area contributed by atoms with E-state index in [0.29, 0.717) is 17.9 Å². The SMILES string of the molecule is CCP(=O)(CC)C(Nc1ccc(C(=O)OC)cc1)c1ccccc1. The molecule has 0 heterocycles. The van der Waals surface area contributed by atoms with E-state index in [2.05, 4.69) is 5.32 Å². The number of carbonyl (C=O) groups excluding carboxylic acids is 1. The Bertz CT molecular complexity index is 705. The first-order valence-electron chi connectivity index (χ1n) is 8.11. The van der Waals surface area contributed by atoms with Crippen molar-refractivity contribution in [1.29, 1.82) is 0 Å². The third-order valence-corrected chi connectivity index (χ3v) is 7.78. The number of benzene rings is 2. The number of hydrogen-bond donors (Lipinski definition) is 1. The fourth-order valence-corrected chi connectivity index (χ4v) is 4.95. The van der Waals surface area contributed by atoms with Crippen molar-refractivity contribution in [1.82, 2.24) is 0 Å². The number of methoxy groups -OCH3 is 1. The lowest BCUT2D eigenvalue weighted by Gasteiger charge is -2.28. The van der Waals surface area contributed by atoms with Crippen LogP contribution in [-0.2, 0) is 9.30 Å². The molecule has 2 aromatic carbocycles. The molecule has 5 heteroatoms. The van der Waals surface area contributed by atoms with Crippen LogP contribution >= 0.6 is 7.14 Å². The molecule has 0 aliphatic rings. The van der Waals surface area contributed by atoms with Crippen LogP contribution in [0, 0.1) is 0 Å². The summed E-state index contributed by atoms with van der Waals surface area (Å²) in [6.45, 7) is 3.95. The Morgan fingerprint density at radius 1 is 1.04 bits per heavy atom. The molecule has 0 fully saturated rings. The summed E-state index contributed by atoms with van der Waals surface area (Å²) < 4.78 is 18.1. The molecular formula is C19H24NO3P. The van der Waals surface area contributed by atoms with Crippen LogP contribution in [-0.4, -0.2) is 25.4 Å². The number of carbonyl (C=O) groups is 1. The van der Waals surface area contributed by atoms with Crippen molar-refractivity contribution in [2.45, 2.75) is 19.6 Å². The monoisotopic (exact) mass is 345 g/mol. The van der Waals surface area contributed by atoms with Crippen LogP contribution in [0.25, 0.3) is 0 Å². The van der Waals surface area contributed by atoms with Crippen molar-refractivity contribution >= 4 is 18.8 Å². The topological polar surface area (TPSA) is 55.4 Å². The fourth-order valence-electron chi connectivity index (χ4n) is 2.67. The Labute approximate surface area is 143 Å². The van der Waals surface area contributed by atoms with Crippen LogP contribution < -0.4 is 5.32 Å². The number of hydrogen-bond acceptors (Lipinski definition) is 4. The summed E-state index contributed by atoms with van der Waals surface area (Å²) in [6, 6.07) is 16.9. The average Bonchev–Trinajstić information content (AvgIpc) is 2.66. The van der Waals surface area contributed by atoms with E-state index in [1.54, 1.807) is 12.1 Å². The highest BCUT2D eigenvalue weighted by Gasteiger charge is 2.30. The number of rotatable bonds is 7. The van der Waals surface area contributed by atoms with Crippen LogP contribution in [0.2, 0.25) is 0 Å². The molecule has 0 saturated carbocycles. The van der Waals surface area contributed by atoms with E-state index in [1.807, 2.05) is 56.3 Å². The fraction of sp³-hybridized carbons (Fsp3) is 0.316. The summed E-state index contributed by atoms with van der Waals surface area (Å²) in [5.41, 5.74) is 2.34. The first-order chi connectivity index (χ1) is 11.5. The highest BCUT2D eigenvalue weighted by atomic mass is 31.2. The number of nitrogens with one attached hydrogen (secondary N) is 1. The standard InChI is InChI=1S/C19H24NO3P/c1-4-24(22,5-2)18(15-9-7-6-8-10-15)20-17-13-11-16(12-14-17)19(21)23-3/h6-14,18,20H,4-5H2,1-3H3. The van der Waals surface area contributed by atoms with Gasteiger partial charge in [0.1, 0.15) is 12.9 Å². The maximum atomic E-state index is 13.3. The molecular weight excluding hydrogens is 321 g/mol. The second-order valence-corrected chi connectivity index (χ2v) is 9.30. The van der Waals surface area contributed by atoms with Crippen molar-refractivity contribution in [3.63, 3.8) is 0 Å². The summed E-state index contributed by atoms with van der Waals surface area (Å²) in [5, 5.41) is 3.41. The van der Waals surface area contributed by atoms with Gasteiger partial charge in [0, 0.05) is 18.0 Å². The quantitative estimate of drug-likeness (QED) is 0.567. The molecule has 0 aliphatic heterocycles. The largest absolute Gasteiger partial charge is 0.465 e. The molecule has 128 valence electrons. The second-order valence-electron chi connectivity index (χ2n) is 5.61. The molecule has 24 heavy (non-hydrogen) atoms. The zero-order valence-electron chi connectivity index (χ0n) is 14.4. The van der Waals surface area contributed by atoms with Gasteiger partial charge in [-0.25, -0.2) is 4.79 Å². The highest BCUT2D eigenvalue weighted by Crippen LogP contribution is 2.58. The van der Waals surface area contributed by atoms with Gasteiger partial charge < -0.3 is 14.6 Å². The van der Waals surface area contributed by atoms with Crippen molar-refractivity contribution in [2.75, 3.05) is 24.8 Å². The third-order valence-electron chi connectivity index (χ3n) is 4.27. The van der Waals surface area contributed by atoms with Crippen LogP contribution in [0.3, 0.4) is 0 Å². The molecule has 0 aromatic heterocycles. The maximum absolute atomic E-state index is 13.3. The molecule has 0 saturated heterocycles. The van der Waals surface area contributed by atoms with Crippen molar-refractivity contribution < 1.29 is 14.1 Å². The van der Waals surface area contributed by atoms with E-state index >= 15 is 0 Å². The molecule has 0 spiro atoms. The Morgan fingerprint density at radius 3 is 2.12 bits per heavy atom. The van der Waals surface area contributed by atoms with Gasteiger partial charge in [-0.05, 0) is 29.8 Å². The van der Waals surface area contributed by atoms with Crippen LogP contribution in [0.1, 0.15) is 35.6 Å². The maximum Gasteiger partial charge on any atom is 0.337 e. The zero-order valence-corrected chi connectivity index (χ0v) is 15.3. The van der Waals surface area contributed by atoms with Gasteiger partial charge in [-0.1, -0.05) is 44.2 Å². The molecule has 0 aliphatic carbocycles. The molecule has 0 amide bonds. The van der Waals surface area contributed by atoms with E-state index in [-0.39, 0.29) is 11.8 Å². The van der Waals surface area contributed by atoms with Crippen LogP contribution in [0.4, 0.5) is 5.69 Å². The zero-order chi connectivity index (χ0) is 17.6. The predicted octanol–water partition coefficient (Wildman–Crippen LogP) is 4.99. The molecule has 1 unspecified atom stereocenters. The Morgan fingerprint density at radius 2 is 1.62 bits per heavy atom. The lowest BCUT2D eigenvalue weighted by molar-refractivity contribution is 0.0601. The molecule has 1 N–H and O–H groups in total. The predicted molar refractivity (Wildman–Crippen MR) is 99.3 cm³/mol. The van der Waals surface area contributed by atoms with Gasteiger partial charge in [0.15, 0.2) is 0 Å². The van der Waals surface area contributed by atoms with Crippen LogP contribution in [0.15, 0.2) is 54.6 Å². The lowest BCUT2D eigenvalue weighted by atomic mass is 10.2. The van der Waals surface area contributed by atoms with Gasteiger partial charge in [-0.3, -0.25) is 0 Å². The first-order valence-corrected chi connectivity index (χ1v) is 10.3. The minimum absolute atomic E-state index is 0.238. The van der Waals surface area contributed by atoms with Gasteiger partial charge in [-0.15, -0.1) is 0 Å². The second kappa shape index (κ2) is 8.16. The normalized spacial score (nSPS) is 12.5. The number of anilines is 1. The van der Waals surface area contributed by atoms with Crippen molar-refractivity contribution in [3.05, 3.63) is 65.7 Å². The summed E-state index contributed by atoms with van der Waals surface area (Å²) in [4.78, 5) is 11.5.